The highest BCUT2D eigenvalue weighted by atomic mass is 19.4. The fourth-order valence-corrected chi connectivity index (χ4v) is 4.71. The number of rotatable bonds is 6. The number of nitrogens with one attached hydrogen (secondary N) is 2. The van der Waals surface area contributed by atoms with Crippen molar-refractivity contribution in [3.63, 3.8) is 0 Å². The number of carbonyl (C=O) groups is 2. The molecule has 1 heterocycles. The summed E-state index contributed by atoms with van der Waals surface area (Å²) >= 11 is 0. The lowest BCUT2D eigenvalue weighted by Crippen LogP contribution is -2.49. The summed E-state index contributed by atoms with van der Waals surface area (Å²) in [5, 5.41) is 5.65. The summed E-state index contributed by atoms with van der Waals surface area (Å²) in [6, 6.07) is 19.5. The maximum absolute atomic E-state index is 13.2. The Labute approximate surface area is 219 Å². The Kier molecular flexibility index (Phi) is 8.24. The van der Waals surface area contributed by atoms with E-state index in [9.17, 15) is 22.8 Å². The average molecular weight is 526 g/mol. The van der Waals surface area contributed by atoms with Crippen LogP contribution >= 0.6 is 0 Å². The van der Waals surface area contributed by atoms with Crippen molar-refractivity contribution in [1.82, 2.24) is 10.2 Å². The topological polar surface area (TPSA) is 70.7 Å². The van der Waals surface area contributed by atoms with Gasteiger partial charge in [-0.1, -0.05) is 48.0 Å². The van der Waals surface area contributed by atoms with Crippen molar-refractivity contribution in [2.75, 3.05) is 25.5 Å². The highest BCUT2D eigenvalue weighted by molar-refractivity contribution is 5.90. The zero-order chi connectivity index (χ0) is 27.3. The van der Waals surface area contributed by atoms with Gasteiger partial charge in [0.25, 0.3) is 0 Å². The fourth-order valence-electron chi connectivity index (χ4n) is 4.71. The highest BCUT2D eigenvalue weighted by Gasteiger charge is 2.35. The lowest BCUT2D eigenvalue weighted by molar-refractivity contribution is -0.137. The van der Waals surface area contributed by atoms with Crippen LogP contribution in [0.15, 0.2) is 72.8 Å². The maximum Gasteiger partial charge on any atom is 0.416 e. The summed E-state index contributed by atoms with van der Waals surface area (Å²) in [6.45, 7) is 2.56. The maximum atomic E-state index is 13.2. The lowest BCUT2D eigenvalue weighted by atomic mass is 9.83. The van der Waals surface area contributed by atoms with E-state index in [0.29, 0.717) is 30.0 Å². The largest absolute Gasteiger partial charge is 0.497 e. The van der Waals surface area contributed by atoms with Crippen molar-refractivity contribution in [3.8, 4) is 5.75 Å². The molecule has 1 aliphatic heterocycles. The molecule has 4 rings (SSSR count). The Hall–Kier alpha value is -4.01. The van der Waals surface area contributed by atoms with E-state index < -0.39 is 17.7 Å². The molecule has 0 saturated carbocycles. The molecule has 1 fully saturated rings. The summed E-state index contributed by atoms with van der Waals surface area (Å²) < 4.78 is 44.4. The molecule has 0 bridgehead atoms. The van der Waals surface area contributed by atoms with Gasteiger partial charge in [-0.2, -0.15) is 13.2 Å². The molecule has 38 heavy (non-hydrogen) atoms. The van der Waals surface area contributed by atoms with E-state index in [1.807, 2.05) is 31.2 Å². The van der Waals surface area contributed by atoms with Gasteiger partial charge in [0.15, 0.2) is 0 Å². The minimum absolute atomic E-state index is 0.0373. The lowest BCUT2D eigenvalue weighted by Gasteiger charge is -2.37. The monoisotopic (exact) mass is 525 g/mol. The summed E-state index contributed by atoms with van der Waals surface area (Å²) in [5.74, 6) is -0.315. The number of alkyl halides is 3. The van der Waals surface area contributed by atoms with Gasteiger partial charge < -0.3 is 20.3 Å². The molecular formula is C29H30F3N3O3. The Balaban J connectivity index is 1.50. The number of benzene rings is 3. The number of ether oxygens (including phenoxy) is 1. The molecule has 1 saturated heterocycles. The van der Waals surface area contributed by atoms with Crippen molar-refractivity contribution >= 4 is 17.6 Å². The van der Waals surface area contributed by atoms with Gasteiger partial charge in [-0.15, -0.1) is 0 Å². The minimum Gasteiger partial charge on any atom is -0.497 e. The number of methoxy groups -OCH3 is 1. The molecule has 3 amide bonds. The Morgan fingerprint density at radius 3 is 2.50 bits per heavy atom. The molecule has 0 radical (unpaired) electrons. The van der Waals surface area contributed by atoms with Gasteiger partial charge in [-0.05, 0) is 48.7 Å². The van der Waals surface area contributed by atoms with E-state index in [2.05, 4.69) is 10.6 Å². The van der Waals surface area contributed by atoms with E-state index in [1.165, 1.54) is 6.07 Å². The van der Waals surface area contributed by atoms with Gasteiger partial charge in [0, 0.05) is 37.3 Å². The third-order valence-electron chi connectivity index (χ3n) is 6.66. The SMILES string of the molecule is COc1cccc(NC(=O)N2C[C@H](C(=O)NCc3cccc(C(F)(F)F)c3)C[C@@H](c3cccc(C)c3)C2)c1. The van der Waals surface area contributed by atoms with Crippen molar-refractivity contribution in [1.29, 1.82) is 0 Å². The second-order valence-electron chi connectivity index (χ2n) is 9.53. The number of nitrogens with zero attached hydrogens (tertiary/aromatic N) is 1. The molecule has 3 aromatic rings. The van der Waals surface area contributed by atoms with E-state index in [1.54, 1.807) is 42.3 Å². The molecule has 3 aromatic carbocycles. The van der Waals surface area contributed by atoms with Crippen molar-refractivity contribution < 1.29 is 27.5 Å². The molecule has 2 N–H and O–H groups in total. The molecular weight excluding hydrogens is 495 g/mol. The van der Waals surface area contributed by atoms with Gasteiger partial charge in [-0.25, -0.2) is 4.79 Å². The Morgan fingerprint density at radius 2 is 1.76 bits per heavy atom. The van der Waals surface area contributed by atoms with E-state index >= 15 is 0 Å². The second kappa shape index (κ2) is 11.6. The number of hydrogen-bond acceptors (Lipinski definition) is 3. The van der Waals surface area contributed by atoms with Gasteiger partial charge in [0.1, 0.15) is 5.75 Å². The summed E-state index contributed by atoms with van der Waals surface area (Å²) in [4.78, 5) is 28.0. The quantitative estimate of drug-likeness (QED) is 0.416. The van der Waals surface area contributed by atoms with Crippen LogP contribution < -0.4 is 15.4 Å². The number of halogens is 3. The molecule has 2 atom stereocenters. The fraction of sp³-hybridized carbons (Fsp3) is 0.310. The van der Waals surface area contributed by atoms with Crippen LogP contribution in [0.4, 0.5) is 23.7 Å². The number of urea groups is 1. The molecule has 200 valence electrons. The molecule has 0 unspecified atom stereocenters. The van der Waals surface area contributed by atoms with E-state index in [4.69, 9.17) is 4.74 Å². The number of anilines is 1. The molecule has 1 aliphatic rings. The van der Waals surface area contributed by atoms with Crippen LogP contribution in [0.5, 0.6) is 5.75 Å². The number of aryl methyl sites for hydroxylation is 1. The summed E-state index contributed by atoms with van der Waals surface area (Å²) in [5.41, 5.74) is 2.26. The third-order valence-corrected chi connectivity index (χ3v) is 6.66. The zero-order valence-corrected chi connectivity index (χ0v) is 21.2. The summed E-state index contributed by atoms with van der Waals surface area (Å²) in [6.07, 6.45) is -3.94. The molecule has 9 heteroatoms. The predicted molar refractivity (Wildman–Crippen MR) is 139 cm³/mol. The number of amides is 3. The Morgan fingerprint density at radius 1 is 1.00 bits per heavy atom. The first-order chi connectivity index (χ1) is 18.1. The highest BCUT2D eigenvalue weighted by Crippen LogP contribution is 2.32. The number of likely N-dealkylation sites (tertiary alicyclic amines) is 1. The third kappa shape index (κ3) is 6.85. The number of carbonyl (C=O) groups excluding carboxylic acids is 2. The first kappa shape index (κ1) is 27.0. The average Bonchev–Trinajstić information content (AvgIpc) is 2.91. The second-order valence-corrected chi connectivity index (χ2v) is 9.53. The van der Waals surface area contributed by atoms with Crippen LogP contribution in [0.1, 0.15) is 34.6 Å². The number of hydrogen-bond donors (Lipinski definition) is 2. The van der Waals surface area contributed by atoms with Crippen molar-refractivity contribution in [3.05, 3.63) is 95.1 Å². The van der Waals surface area contributed by atoms with Crippen molar-refractivity contribution in [2.45, 2.75) is 32.0 Å². The molecule has 0 spiro atoms. The van der Waals surface area contributed by atoms with Crippen LogP contribution in [0.3, 0.4) is 0 Å². The first-order valence-electron chi connectivity index (χ1n) is 12.3. The van der Waals surface area contributed by atoms with Crippen LogP contribution in [-0.4, -0.2) is 37.0 Å². The Bertz CT molecular complexity index is 1300. The van der Waals surface area contributed by atoms with E-state index in [0.717, 1.165) is 23.3 Å². The van der Waals surface area contributed by atoms with Gasteiger partial charge >= 0.3 is 12.2 Å². The smallest absolute Gasteiger partial charge is 0.416 e. The van der Waals surface area contributed by atoms with Crippen LogP contribution in [-0.2, 0) is 17.5 Å². The molecule has 6 nitrogen and oxygen atoms in total. The van der Waals surface area contributed by atoms with Crippen LogP contribution in [0, 0.1) is 12.8 Å². The van der Waals surface area contributed by atoms with E-state index in [-0.39, 0.29) is 30.9 Å². The number of piperidine rings is 1. The van der Waals surface area contributed by atoms with Crippen molar-refractivity contribution in [2.24, 2.45) is 5.92 Å². The van der Waals surface area contributed by atoms with Gasteiger partial charge in [0.05, 0.1) is 18.6 Å². The predicted octanol–water partition coefficient (Wildman–Crippen LogP) is 5.98. The summed E-state index contributed by atoms with van der Waals surface area (Å²) in [7, 11) is 1.54. The van der Waals surface area contributed by atoms with Gasteiger partial charge in [-0.3, -0.25) is 4.79 Å². The minimum atomic E-state index is -4.46. The standard InChI is InChI=1S/C29H30F3N3O3/c1-19-6-3-8-21(12-19)22-14-23(27(36)33-16-20-7-4-9-24(13-20)29(30,31)32)18-35(17-22)28(37)34-25-10-5-11-26(15-25)38-2/h3-13,15,22-23H,14,16-18H2,1-2H3,(H,33,36)(H,34,37)/t22-,23-/m1/s1. The zero-order valence-electron chi connectivity index (χ0n) is 21.2. The van der Waals surface area contributed by atoms with Gasteiger partial charge in [0.2, 0.25) is 5.91 Å². The first-order valence-corrected chi connectivity index (χ1v) is 12.3. The molecule has 0 aliphatic carbocycles. The van der Waals surface area contributed by atoms with Crippen LogP contribution in [0.2, 0.25) is 0 Å². The normalized spacial score (nSPS) is 17.6. The molecule has 0 aromatic heterocycles. The van der Waals surface area contributed by atoms with Crippen LogP contribution in [0.25, 0.3) is 0 Å².